The van der Waals surface area contributed by atoms with Gasteiger partial charge in [-0.25, -0.2) is 9.97 Å². The van der Waals surface area contributed by atoms with Crippen LogP contribution in [0, 0.1) is 12.1 Å². The van der Waals surface area contributed by atoms with Crippen molar-refractivity contribution in [3.8, 4) is 45.4 Å². The summed E-state index contributed by atoms with van der Waals surface area (Å²) in [6.45, 7) is 0. The topological polar surface area (TPSA) is 44.9 Å². The van der Waals surface area contributed by atoms with Gasteiger partial charge in [-0.05, 0) is 63.4 Å². The number of ether oxygens (including phenoxy) is 1. The van der Waals surface area contributed by atoms with Gasteiger partial charge in [0.1, 0.15) is 5.82 Å². The SMILES string of the molecule is [Pt+2].[c-]1c(Oc2ccccn2)cccc1-n1c2[c-]c3c(cc2c2ccc(-c4ccccc4)cc21)c1ccccc1n3-c1cc(-c2ccccc2)ccn1. The molecule has 5 nitrogen and oxygen atoms in total. The van der Waals surface area contributed by atoms with E-state index in [2.05, 4.69) is 142 Å². The maximum Gasteiger partial charge on any atom is 2.00 e. The molecule has 248 valence electrons. The average Bonchev–Trinajstić information content (AvgIpc) is 3.69. The fourth-order valence-corrected chi connectivity index (χ4v) is 7.17. The van der Waals surface area contributed by atoms with E-state index in [9.17, 15) is 0 Å². The molecule has 0 bridgehead atoms. The van der Waals surface area contributed by atoms with E-state index < -0.39 is 0 Å². The summed E-state index contributed by atoms with van der Waals surface area (Å²) in [5.41, 5.74) is 9.41. The molecule has 6 heteroatoms. The van der Waals surface area contributed by atoms with Crippen molar-refractivity contribution in [1.82, 2.24) is 19.1 Å². The van der Waals surface area contributed by atoms with Gasteiger partial charge in [0.05, 0.1) is 0 Å². The molecule has 0 saturated carbocycles. The van der Waals surface area contributed by atoms with Crippen LogP contribution in [-0.4, -0.2) is 19.1 Å². The first-order valence-electron chi connectivity index (χ1n) is 16.9. The van der Waals surface area contributed by atoms with Crippen molar-refractivity contribution < 1.29 is 25.8 Å². The number of rotatable bonds is 6. The zero-order valence-corrected chi connectivity index (χ0v) is 30.0. The summed E-state index contributed by atoms with van der Waals surface area (Å²) < 4.78 is 10.6. The first-order chi connectivity index (χ1) is 25.3. The molecule has 0 amide bonds. The maximum atomic E-state index is 6.17. The third kappa shape index (κ3) is 5.38. The summed E-state index contributed by atoms with van der Waals surface area (Å²) in [5.74, 6) is 1.93. The van der Waals surface area contributed by atoms with Crippen LogP contribution in [0.1, 0.15) is 0 Å². The summed E-state index contributed by atoms with van der Waals surface area (Å²) in [4.78, 5) is 9.28. The number of fused-ring (bicyclic) bond motifs is 6. The molecule has 6 aromatic carbocycles. The molecule has 52 heavy (non-hydrogen) atoms. The fourth-order valence-electron chi connectivity index (χ4n) is 7.17. The largest absolute Gasteiger partial charge is 2.00 e. The molecule has 4 heterocycles. The molecule has 10 rings (SSSR count). The average molecular weight is 848 g/mol. The molecular formula is C46H28N4OPt. The van der Waals surface area contributed by atoms with Gasteiger partial charge >= 0.3 is 21.1 Å². The van der Waals surface area contributed by atoms with Crippen LogP contribution >= 0.6 is 0 Å². The first-order valence-corrected chi connectivity index (χ1v) is 16.9. The van der Waals surface area contributed by atoms with E-state index in [0.29, 0.717) is 11.6 Å². The van der Waals surface area contributed by atoms with Crippen LogP contribution < -0.4 is 4.74 Å². The Morgan fingerprint density at radius 1 is 0.442 bits per heavy atom. The van der Waals surface area contributed by atoms with E-state index >= 15 is 0 Å². The Kier molecular flexibility index (Phi) is 7.99. The molecule has 0 aliphatic rings. The number of pyridine rings is 2. The number of para-hydroxylation sites is 1. The summed E-state index contributed by atoms with van der Waals surface area (Å²) in [6, 6.07) is 61.8. The van der Waals surface area contributed by atoms with Gasteiger partial charge in [-0.2, -0.15) is 12.1 Å². The summed E-state index contributed by atoms with van der Waals surface area (Å²) in [6.07, 6.45) is 3.61. The van der Waals surface area contributed by atoms with Gasteiger partial charge in [0.2, 0.25) is 5.88 Å². The molecule has 0 spiro atoms. The minimum Gasteiger partial charge on any atom is -0.466 e. The van der Waals surface area contributed by atoms with Crippen molar-refractivity contribution in [2.45, 2.75) is 0 Å². The molecule has 10 aromatic rings. The van der Waals surface area contributed by atoms with Crippen LogP contribution in [0.2, 0.25) is 0 Å². The van der Waals surface area contributed by atoms with Crippen molar-refractivity contribution in [2.75, 3.05) is 0 Å². The molecule has 0 fully saturated rings. The van der Waals surface area contributed by atoms with Gasteiger partial charge in [0.15, 0.2) is 0 Å². The van der Waals surface area contributed by atoms with Crippen molar-refractivity contribution in [3.05, 3.63) is 182 Å². The van der Waals surface area contributed by atoms with Crippen molar-refractivity contribution in [3.63, 3.8) is 0 Å². The van der Waals surface area contributed by atoms with Gasteiger partial charge in [-0.1, -0.05) is 114 Å². The van der Waals surface area contributed by atoms with Gasteiger partial charge in [-0.3, -0.25) is 0 Å². The van der Waals surface area contributed by atoms with Crippen LogP contribution in [0.4, 0.5) is 0 Å². The predicted octanol–water partition coefficient (Wildman–Crippen LogP) is 11.4. The molecular weight excluding hydrogens is 820 g/mol. The van der Waals surface area contributed by atoms with E-state index in [1.165, 1.54) is 0 Å². The Labute approximate surface area is 314 Å². The standard InChI is InChI=1S/C46H28N4O.Pt/c1-3-12-31(13-4-1)33-21-22-38-40-29-39-37-18-7-8-19-41(37)50(45-27-34(23-25-47-45)32-14-5-2-6-15-32)44(39)30-43(40)49(42(38)26-33)35-16-11-17-36(28-35)51-46-20-9-10-24-48-46;/h1-27,29H;/q-2;+2. The first kappa shape index (κ1) is 31.7. The Bertz CT molecular complexity index is 2880. The molecule has 0 radical (unpaired) electrons. The van der Waals surface area contributed by atoms with Crippen LogP contribution in [0.25, 0.3) is 77.4 Å². The smallest absolute Gasteiger partial charge is 0.466 e. The van der Waals surface area contributed by atoms with E-state index in [4.69, 9.17) is 9.72 Å². The predicted molar refractivity (Wildman–Crippen MR) is 206 cm³/mol. The quantitative estimate of drug-likeness (QED) is 0.157. The van der Waals surface area contributed by atoms with Crippen LogP contribution in [0.5, 0.6) is 11.6 Å². The minimum atomic E-state index is 0. The zero-order valence-electron chi connectivity index (χ0n) is 27.7. The molecule has 0 unspecified atom stereocenters. The number of hydrogen-bond donors (Lipinski definition) is 0. The van der Waals surface area contributed by atoms with E-state index in [-0.39, 0.29) is 21.1 Å². The second kappa shape index (κ2) is 13.1. The molecule has 0 N–H and O–H groups in total. The monoisotopic (exact) mass is 847 g/mol. The second-order valence-electron chi connectivity index (χ2n) is 12.5. The molecule has 0 aliphatic heterocycles. The Morgan fingerprint density at radius 2 is 1.13 bits per heavy atom. The second-order valence-corrected chi connectivity index (χ2v) is 12.5. The van der Waals surface area contributed by atoms with Gasteiger partial charge in [-0.15, -0.1) is 35.0 Å². The Hall–Kier alpha value is -6.29. The van der Waals surface area contributed by atoms with E-state index in [0.717, 1.165) is 77.4 Å². The van der Waals surface area contributed by atoms with Crippen LogP contribution in [-0.2, 0) is 21.1 Å². The van der Waals surface area contributed by atoms with Gasteiger partial charge in [0.25, 0.3) is 0 Å². The minimum absolute atomic E-state index is 0. The van der Waals surface area contributed by atoms with Crippen molar-refractivity contribution in [2.24, 2.45) is 0 Å². The van der Waals surface area contributed by atoms with E-state index in [1.807, 2.05) is 48.7 Å². The van der Waals surface area contributed by atoms with Crippen LogP contribution in [0.3, 0.4) is 0 Å². The number of benzene rings is 6. The number of hydrogen-bond acceptors (Lipinski definition) is 3. The zero-order chi connectivity index (χ0) is 33.7. The number of aromatic nitrogens is 4. The van der Waals surface area contributed by atoms with E-state index in [1.54, 1.807) is 6.20 Å². The fraction of sp³-hybridized carbons (Fsp3) is 0. The molecule has 0 atom stereocenters. The van der Waals surface area contributed by atoms with Gasteiger partial charge in [0, 0.05) is 35.2 Å². The third-order valence-corrected chi connectivity index (χ3v) is 9.48. The van der Waals surface area contributed by atoms with Crippen LogP contribution in [0.15, 0.2) is 170 Å². The molecule has 0 aliphatic carbocycles. The summed E-state index contributed by atoms with van der Waals surface area (Å²) in [5, 5.41) is 4.51. The molecule has 4 aromatic heterocycles. The normalized spacial score (nSPS) is 11.3. The molecule has 0 saturated heterocycles. The third-order valence-electron chi connectivity index (χ3n) is 9.48. The van der Waals surface area contributed by atoms with Gasteiger partial charge < -0.3 is 13.9 Å². The number of nitrogens with zero attached hydrogens (tertiary/aromatic N) is 4. The van der Waals surface area contributed by atoms with Crippen molar-refractivity contribution >= 4 is 43.6 Å². The van der Waals surface area contributed by atoms with Crippen molar-refractivity contribution in [1.29, 1.82) is 0 Å². The Morgan fingerprint density at radius 3 is 1.90 bits per heavy atom. The summed E-state index contributed by atoms with van der Waals surface area (Å²) >= 11 is 0. The maximum absolute atomic E-state index is 6.17. The Balaban J connectivity index is 0.00000360. The summed E-state index contributed by atoms with van der Waals surface area (Å²) in [7, 11) is 0.